The molecule has 0 aromatic heterocycles. The Balaban J connectivity index is 2.79. The van der Waals surface area contributed by atoms with E-state index in [1.807, 2.05) is 59.7 Å². The monoisotopic (exact) mass is 809 g/mol. The Kier molecular flexibility index (Phi) is 20.1. The number of cyclic esters (lactones) is 1. The largest absolute Gasteiger partial charge is 0.465 e. The molecule has 12 atom stereocenters. The van der Waals surface area contributed by atoms with Gasteiger partial charge in [-0.05, 0) is 70.9 Å². The van der Waals surface area contributed by atoms with Crippen LogP contribution in [0.15, 0.2) is 23.8 Å². The number of hydrogen-bond acceptors (Lipinski definition) is 13. The second-order valence-electron chi connectivity index (χ2n) is 16.0. The summed E-state index contributed by atoms with van der Waals surface area (Å²) in [6.45, 7) is 21.8. The third-order valence-corrected chi connectivity index (χ3v) is 16.1. The Hall–Kier alpha value is -2.91. The van der Waals surface area contributed by atoms with Crippen LogP contribution in [-0.2, 0) is 56.8 Å². The molecule has 2 aliphatic heterocycles. The molecule has 6 unspecified atom stereocenters. The van der Waals surface area contributed by atoms with Gasteiger partial charge in [0.1, 0.15) is 18.8 Å². The molecule has 0 saturated carbocycles. The molecule has 0 aromatic carbocycles. The van der Waals surface area contributed by atoms with Gasteiger partial charge in [0.15, 0.2) is 26.5 Å². The highest BCUT2D eigenvalue weighted by Crippen LogP contribution is 2.37. The van der Waals surface area contributed by atoms with E-state index in [-0.39, 0.29) is 24.7 Å². The van der Waals surface area contributed by atoms with Crippen LogP contribution in [0.3, 0.4) is 0 Å². The van der Waals surface area contributed by atoms with E-state index in [9.17, 15) is 24.0 Å². The molecule has 14 heteroatoms. The van der Waals surface area contributed by atoms with E-state index in [2.05, 4.69) is 20.8 Å². The van der Waals surface area contributed by atoms with Crippen molar-refractivity contribution in [3.8, 4) is 0 Å². The molecule has 0 N–H and O–H groups in total. The number of carbonyl (C=O) groups is 5. The van der Waals surface area contributed by atoms with Crippen LogP contribution in [0.2, 0.25) is 18.1 Å². The minimum atomic E-state index is -2.35. The quantitative estimate of drug-likeness (QED) is 0.112. The molecule has 13 nitrogen and oxygen atoms in total. The van der Waals surface area contributed by atoms with Gasteiger partial charge >= 0.3 is 23.9 Å². The van der Waals surface area contributed by atoms with Gasteiger partial charge < -0.3 is 32.8 Å². The molecule has 0 aliphatic carbocycles. The second kappa shape index (κ2) is 22.9. The van der Waals surface area contributed by atoms with Gasteiger partial charge in [-0.25, -0.2) is 0 Å². The Morgan fingerprint density at radius 1 is 0.857 bits per heavy atom. The van der Waals surface area contributed by atoms with Gasteiger partial charge in [0.05, 0.1) is 30.8 Å². The molecule has 0 radical (unpaired) electrons. The van der Waals surface area contributed by atoms with Crippen LogP contribution in [0.25, 0.3) is 0 Å². The molecule has 1 fully saturated rings. The van der Waals surface area contributed by atoms with Gasteiger partial charge in [0.2, 0.25) is 0 Å². The molecule has 2 aliphatic rings. The molecular weight excluding hydrogens is 739 g/mol. The van der Waals surface area contributed by atoms with E-state index >= 15 is 0 Å². The lowest BCUT2D eigenvalue weighted by molar-refractivity contribution is -0.307. The summed E-state index contributed by atoms with van der Waals surface area (Å²) in [4.78, 5) is 66.2. The predicted molar refractivity (Wildman–Crippen MR) is 215 cm³/mol. The Morgan fingerprint density at radius 2 is 1.45 bits per heavy atom. The van der Waals surface area contributed by atoms with Crippen LogP contribution in [0.4, 0.5) is 0 Å². The first-order valence-electron chi connectivity index (χ1n) is 20.4. The van der Waals surface area contributed by atoms with E-state index in [1.54, 1.807) is 19.1 Å². The highest BCUT2D eigenvalue weighted by Gasteiger charge is 2.52. The summed E-state index contributed by atoms with van der Waals surface area (Å²) in [6, 6.07) is 1.89. The Bertz CT molecular complexity index is 1370. The van der Waals surface area contributed by atoms with Crippen molar-refractivity contribution in [3.63, 3.8) is 0 Å². The molecule has 320 valence electrons. The first-order chi connectivity index (χ1) is 26.2. The van der Waals surface area contributed by atoms with Gasteiger partial charge in [0, 0.05) is 38.5 Å². The molecule has 56 heavy (non-hydrogen) atoms. The van der Waals surface area contributed by atoms with Gasteiger partial charge in [-0.15, -0.1) is 0 Å². The van der Waals surface area contributed by atoms with Crippen LogP contribution in [-0.4, -0.2) is 113 Å². The third kappa shape index (κ3) is 14.2. The van der Waals surface area contributed by atoms with Crippen LogP contribution in [0.5, 0.6) is 0 Å². The van der Waals surface area contributed by atoms with Crippen molar-refractivity contribution in [1.29, 1.82) is 0 Å². The fraction of sp³-hybridized carbons (Fsp3) is 0.786. The summed E-state index contributed by atoms with van der Waals surface area (Å²) in [5.41, 5.74) is 0.764. The van der Waals surface area contributed by atoms with Crippen molar-refractivity contribution < 1.29 is 56.8 Å². The first-order valence-corrected chi connectivity index (χ1v) is 23.0. The first kappa shape index (κ1) is 49.2. The smallest absolute Gasteiger partial charge is 0.308 e. The molecule has 2 heterocycles. The lowest BCUT2D eigenvalue weighted by atomic mass is 9.82. The van der Waals surface area contributed by atoms with E-state index in [0.29, 0.717) is 12.8 Å². The maximum absolute atomic E-state index is 14.1. The fourth-order valence-corrected chi connectivity index (χ4v) is 11.0. The fourth-order valence-electron chi connectivity index (χ4n) is 8.07. The van der Waals surface area contributed by atoms with E-state index in [0.717, 1.165) is 23.7 Å². The van der Waals surface area contributed by atoms with Crippen LogP contribution < -0.4 is 0 Å². The zero-order chi connectivity index (χ0) is 42.5. The lowest BCUT2D eigenvalue weighted by Gasteiger charge is -2.48. The molecular formula is C42H71NO12Si. The van der Waals surface area contributed by atoms with Crippen molar-refractivity contribution in [2.45, 2.75) is 169 Å². The summed E-state index contributed by atoms with van der Waals surface area (Å²) < 4.78 is 43.8. The number of esters is 4. The third-order valence-electron chi connectivity index (χ3n) is 11.5. The number of allylic oxidation sites excluding steroid dienone is 3. The topological polar surface area (TPSA) is 153 Å². The highest BCUT2D eigenvalue weighted by atomic mass is 28.4. The molecule has 0 spiro atoms. The number of likely N-dealkylation sites (N-methyl/N-ethyl adjacent to an activating group) is 1. The number of nitrogens with zero attached hydrogens (tertiary/aromatic N) is 1. The van der Waals surface area contributed by atoms with Crippen molar-refractivity contribution in [1.82, 2.24) is 4.90 Å². The van der Waals surface area contributed by atoms with Crippen LogP contribution in [0.1, 0.15) is 102 Å². The van der Waals surface area contributed by atoms with Crippen molar-refractivity contribution in [2.24, 2.45) is 23.7 Å². The van der Waals surface area contributed by atoms with Gasteiger partial charge in [0.25, 0.3) is 0 Å². The summed E-state index contributed by atoms with van der Waals surface area (Å²) in [5, 5.41) is 0. The predicted octanol–water partition coefficient (Wildman–Crippen LogP) is 6.58. The second-order valence-corrected chi connectivity index (χ2v) is 20.8. The minimum absolute atomic E-state index is 0.00745. The maximum atomic E-state index is 14.1. The zero-order valence-corrected chi connectivity index (χ0v) is 37.5. The Morgan fingerprint density at radius 3 is 1.96 bits per heavy atom. The highest BCUT2D eigenvalue weighted by molar-refractivity contribution is 6.73. The minimum Gasteiger partial charge on any atom is -0.465 e. The van der Waals surface area contributed by atoms with Gasteiger partial charge in [-0.2, -0.15) is 0 Å². The normalized spacial score (nSPS) is 32.7. The number of ether oxygens (including phenoxy) is 6. The molecule has 2 rings (SSSR count). The summed E-state index contributed by atoms with van der Waals surface area (Å²) in [6.07, 6.45) is 0.546. The van der Waals surface area contributed by atoms with E-state index in [1.165, 1.54) is 20.8 Å². The Labute approximate surface area is 336 Å². The summed E-state index contributed by atoms with van der Waals surface area (Å²) >= 11 is 0. The van der Waals surface area contributed by atoms with Crippen LogP contribution >= 0.6 is 0 Å². The zero-order valence-electron chi connectivity index (χ0n) is 36.5. The molecule has 1 saturated heterocycles. The summed E-state index contributed by atoms with van der Waals surface area (Å²) in [5.74, 6) is -3.60. The van der Waals surface area contributed by atoms with E-state index < -0.39 is 98.9 Å². The number of rotatable bonds is 13. The van der Waals surface area contributed by atoms with Gasteiger partial charge in [-0.1, -0.05) is 66.2 Å². The van der Waals surface area contributed by atoms with Gasteiger partial charge in [-0.3, -0.25) is 28.9 Å². The lowest BCUT2D eigenvalue weighted by Crippen LogP contribution is -2.65. The van der Waals surface area contributed by atoms with Crippen molar-refractivity contribution in [3.05, 3.63) is 23.8 Å². The maximum Gasteiger partial charge on any atom is 0.308 e. The average molecular weight is 810 g/mol. The SMILES string of the molecule is CC[C@H]1OC(=O)C[C@@H](O[Si](CC)(CC)CC)[C@H](C)[C@@H](OC2OC(C)C(OC(C)=O)C(N(C)C)C2OC(C)=O)[C@@H](C)C[C@@H](C)C(=O)C=CC(C)=CC1COC(C)=O. The van der Waals surface area contributed by atoms with Crippen molar-refractivity contribution in [2.75, 3.05) is 20.7 Å². The number of carbonyl (C=O) groups excluding carboxylic acids is 5. The molecule has 0 aromatic rings. The molecule has 0 amide bonds. The summed E-state index contributed by atoms with van der Waals surface area (Å²) in [7, 11) is 1.27. The molecule has 0 bridgehead atoms. The van der Waals surface area contributed by atoms with Crippen LogP contribution in [0, 0.1) is 23.7 Å². The number of hydrogen-bond donors (Lipinski definition) is 0. The number of ketones is 1. The average Bonchev–Trinajstić information content (AvgIpc) is 3.12. The van der Waals surface area contributed by atoms with Crippen molar-refractivity contribution >= 4 is 38.0 Å². The van der Waals surface area contributed by atoms with E-state index in [4.69, 9.17) is 32.8 Å². The standard InChI is InChI=1S/C42H71NO12Si/c1-15-35-33(24-49-30(10)44)21-25(5)19-20-34(47)26(6)22-27(7)39(28(8)36(23-37(48)53-35)55-56(16-2,17-3)18-4)54-42-41(52-32(12)46)38(43(13)14)40(29(9)50-42)51-31(11)45/h19-21,26-29,33,35-36,38-42H,15-18,22-24H2,1-14H3/t26-,27+,28+,29?,33?,35-,36-,38?,39+,40?,41?,42?/m1/s1.